The van der Waals surface area contributed by atoms with E-state index in [2.05, 4.69) is 0 Å². The SMILES string of the molecule is CCOC(=O)[C@H]1C[C@@H](OCC)ON1c1ccccc1. The zero-order valence-electron chi connectivity index (χ0n) is 11.2. The molecule has 19 heavy (non-hydrogen) atoms. The average molecular weight is 265 g/mol. The first-order valence-electron chi connectivity index (χ1n) is 6.55. The standard InChI is InChI=1S/C14H19NO4/c1-3-17-13-10-12(14(16)18-4-2)15(19-13)11-8-6-5-7-9-11/h5-9,12-13H,3-4,10H2,1-2H3/t12-,13+/m1/s1. The average Bonchev–Trinajstić information content (AvgIpc) is 2.85. The van der Waals surface area contributed by atoms with Gasteiger partial charge in [-0.05, 0) is 26.0 Å². The number of benzene rings is 1. The molecular formula is C14H19NO4. The van der Waals surface area contributed by atoms with Gasteiger partial charge in [0.15, 0.2) is 12.3 Å². The maximum atomic E-state index is 12.0. The molecule has 2 rings (SSSR count). The van der Waals surface area contributed by atoms with Gasteiger partial charge in [0.1, 0.15) is 0 Å². The summed E-state index contributed by atoms with van der Waals surface area (Å²) in [6.45, 7) is 4.59. The van der Waals surface area contributed by atoms with Gasteiger partial charge in [0.05, 0.1) is 12.3 Å². The number of carbonyl (C=O) groups is 1. The third-order valence-corrected chi connectivity index (χ3v) is 2.85. The summed E-state index contributed by atoms with van der Waals surface area (Å²) in [6, 6.07) is 9.03. The first-order chi connectivity index (χ1) is 9.26. The molecule has 104 valence electrons. The molecule has 0 aromatic heterocycles. The van der Waals surface area contributed by atoms with Gasteiger partial charge in [-0.1, -0.05) is 18.2 Å². The highest BCUT2D eigenvalue weighted by Gasteiger charge is 2.40. The van der Waals surface area contributed by atoms with Crippen LogP contribution in [0.2, 0.25) is 0 Å². The summed E-state index contributed by atoms with van der Waals surface area (Å²) in [6.07, 6.45) is 0.0706. The van der Waals surface area contributed by atoms with E-state index in [0.717, 1.165) is 5.69 Å². The third-order valence-electron chi connectivity index (χ3n) is 2.85. The Labute approximate surface area is 113 Å². The van der Waals surface area contributed by atoms with Crippen LogP contribution in [0.3, 0.4) is 0 Å². The zero-order chi connectivity index (χ0) is 13.7. The van der Waals surface area contributed by atoms with Crippen LogP contribution >= 0.6 is 0 Å². The van der Waals surface area contributed by atoms with Crippen molar-refractivity contribution in [3.8, 4) is 0 Å². The van der Waals surface area contributed by atoms with E-state index in [4.69, 9.17) is 14.3 Å². The largest absolute Gasteiger partial charge is 0.464 e. The van der Waals surface area contributed by atoms with Crippen molar-refractivity contribution in [1.82, 2.24) is 0 Å². The smallest absolute Gasteiger partial charge is 0.331 e. The monoisotopic (exact) mass is 265 g/mol. The van der Waals surface area contributed by atoms with Crippen molar-refractivity contribution in [2.24, 2.45) is 0 Å². The second kappa shape index (κ2) is 6.54. The molecule has 5 nitrogen and oxygen atoms in total. The Morgan fingerprint density at radius 1 is 1.32 bits per heavy atom. The van der Waals surface area contributed by atoms with Crippen molar-refractivity contribution in [1.29, 1.82) is 0 Å². The number of rotatable bonds is 5. The lowest BCUT2D eigenvalue weighted by Gasteiger charge is -2.22. The number of para-hydroxylation sites is 1. The molecule has 2 atom stereocenters. The first-order valence-corrected chi connectivity index (χ1v) is 6.55. The van der Waals surface area contributed by atoms with Gasteiger partial charge in [-0.3, -0.25) is 0 Å². The van der Waals surface area contributed by atoms with Gasteiger partial charge in [0.25, 0.3) is 0 Å². The highest BCUT2D eigenvalue weighted by Crippen LogP contribution is 2.29. The molecule has 5 heteroatoms. The normalized spacial score (nSPS) is 22.5. The molecule has 1 aliphatic heterocycles. The molecule has 0 radical (unpaired) electrons. The second-order valence-corrected chi connectivity index (χ2v) is 4.16. The van der Waals surface area contributed by atoms with Gasteiger partial charge in [0, 0.05) is 13.0 Å². The van der Waals surface area contributed by atoms with E-state index in [-0.39, 0.29) is 5.97 Å². The topological polar surface area (TPSA) is 48.0 Å². The lowest BCUT2D eigenvalue weighted by atomic mass is 10.2. The molecule has 1 aliphatic rings. The van der Waals surface area contributed by atoms with E-state index in [1.165, 1.54) is 0 Å². The van der Waals surface area contributed by atoms with Crippen LogP contribution in [0.4, 0.5) is 5.69 Å². The molecule has 0 aliphatic carbocycles. The molecule has 0 spiro atoms. The molecule has 1 aromatic rings. The van der Waals surface area contributed by atoms with E-state index in [1.807, 2.05) is 37.3 Å². The Bertz CT molecular complexity index is 409. The van der Waals surface area contributed by atoms with E-state index in [9.17, 15) is 4.79 Å². The minimum Gasteiger partial charge on any atom is -0.464 e. The Morgan fingerprint density at radius 2 is 2.05 bits per heavy atom. The van der Waals surface area contributed by atoms with Crippen molar-refractivity contribution < 1.29 is 19.1 Å². The molecule has 0 N–H and O–H groups in total. The number of carbonyl (C=O) groups excluding carboxylic acids is 1. The molecular weight excluding hydrogens is 246 g/mol. The molecule has 1 saturated heterocycles. The zero-order valence-corrected chi connectivity index (χ0v) is 11.2. The lowest BCUT2D eigenvalue weighted by Crippen LogP contribution is -2.36. The fourth-order valence-electron chi connectivity index (χ4n) is 2.05. The van der Waals surface area contributed by atoms with Crippen LogP contribution in [0.25, 0.3) is 0 Å². The van der Waals surface area contributed by atoms with Crippen LogP contribution in [-0.2, 0) is 19.1 Å². The number of hydrogen-bond donors (Lipinski definition) is 0. The number of anilines is 1. The Kier molecular flexibility index (Phi) is 4.76. The highest BCUT2D eigenvalue weighted by atomic mass is 16.8. The number of esters is 1. The number of ether oxygens (including phenoxy) is 2. The van der Waals surface area contributed by atoms with Gasteiger partial charge in [-0.25, -0.2) is 14.7 Å². The van der Waals surface area contributed by atoms with Gasteiger partial charge < -0.3 is 9.47 Å². The molecule has 0 saturated carbocycles. The minimum absolute atomic E-state index is 0.284. The second-order valence-electron chi connectivity index (χ2n) is 4.16. The Hall–Kier alpha value is -1.59. The minimum atomic E-state index is -0.459. The fourth-order valence-corrected chi connectivity index (χ4v) is 2.05. The Morgan fingerprint density at radius 3 is 2.68 bits per heavy atom. The van der Waals surface area contributed by atoms with Crippen molar-refractivity contribution in [3.63, 3.8) is 0 Å². The van der Waals surface area contributed by atoms with Crippen LogP contribution in [0.5, 0.6) is 0 Å². The van der Waals surface area contributed by atoms with Crippen molar-refractivity contribution in [2.45, 2.75) is 32.6 Å². The van der Waals surface area contributed by atoms with Gasteiger partial charge in [0.2, 0.25) is 0 Å². The molecule has 0 unspecified atom stereocenters. The van der Waals surface area contributed by atoms with Crippen LogP contribution in [-0.4, -0.2) is 31.5 Å². The molecule has 1 aromatic carbocycles. The fraction of sp³-hybridized carbons (Fsp3) is 0.500. The van der Waals surface area contributed by atoms with Gasteiger partial charge in [-0.2, -0.15) is 0 Å². The molecule has 0 bridgehead atoms. The third kappa shape index (κ3) is 3.24. The number of nitrogens with zero attached hydrogens (tertiary/aromatic N) is 1. The van der Waals surface area contributed by atoms with Crippen molar-refractivity contribution in [3.05, 3.63) is 30.3 Å². The Balaban J connectivity index is 2.15. The summed E-state index contributed by atoms with van der Waals surface area (Å²) >= 11 is 0. The first kappa shape index (κ1) is 13.8. The molecule has 0 amide bonds. The number of hydrogen-bond acceptors (Lipinski definition) is 5. The quantitative estimate of drug-likeness (QED) is 0.763. The highest BCUT2D eigenvalue weighted by molar-refractivity contribution is 5.80. The van der Waals surface area contributed by atoms with Crippen LogP contribution in [0.15, 0.2) is 30.3 Å². The van der Waals surface area contributed by atoms with E-state index >= 15 is 0 Å². The number of hydroxylamine groups is 1. The summed E-state index contributed by atoms with van der Waals surface area (Å²) < 4.78 is 10.5. The lowest BCUT2D eigenvalue weighted by molar-refractivity contribution is -0.145. The predicted octanol–water partition coefficient (Wildman–Crippen LogP) is 2.12. The van der Waals surface area contributed by atoms with E-state index in [1.54, 1.807) is 12.0 Å². The summed E-state index contributed by atoms with van der Waals surface area (Å²) in [5, 5.41) is 1.58. The molecule has 1 heterocycles. The predicted molar refractivity (Wildman–Crippen MR) is 70.5 cm³/mol. The van der Waals surface area contributed by atoms with Gasteiger partial charge in [-0.15, -0.1) is 0 Å². The van der Waals surface area contributed by atoms with Gasteiger partial charge >= 0.3 is 5.97 Å². The van der Waals surface area contributed by atoms with E-state index in [0.29, 0.717) is 19.6 Å². The van der Waals surface area contributed by atoms with Crippen molar-refractivity contribution >= 4 is 11.7 Å². The molecule has 1 fully saturated rings. The summed E-state index contributed by atoms with van der Waals surface area (Å²) in [5.74, 6) is -0.284. The van der Waals surface area contributed by atoms with E-state index < -0.39 is 12.3 Å². The van der Waals surface area contributed by atoms with Crippen LogP contribution < -0.4 is 5.06 Å². The summed E-state index contributed by atoms with van der Waals surface area (Å²) in [4.78, 5) is 17.7. The summed E-state index contributed by atoms with van der Waals surface area (Å²) in [5.41, 5.74) is 0.822. The summed E-state index contributed by atoms with van der Waals surface area (Å²) in [7, 11) is 0. The van der Waals surface area contributed by atoms with Crippen molar-refractivity contribution in [2.75, 3.05) is 18.3 Å². The van der Waals surface area contributed by atoms with Crippen LogP contribution in [0.1, 0.15) is 20.3 Å². The maximum Gasteiger partial charge on any atom is 0.331 e. The van der Waals surface area contributed by atoms with Crippen LogP contribution in [0, 0.1) is 0 Å². The maximum absolute atomic E-state index is 12.0.